The maximum absolute atomic E-state index is 11.6. The second-order valence-corrected chi connectivity index (χ2v) is 7.33. The largest absolute Gasteiger partial charge is 0.368 e. The molecule has 1 aliphatic heterocycles. The molecule has 2 rings (SSSR count). The number of aromatic nitrogens is 1. The summed E-state index contributed by atoms with van der Waals surface area (Å²) in [6, 6.07) is 0. The molecule has 0 bridgehead atoms. The normalized spacial score (nSPS) is 16.5. The van der Waals surface area contributed by atoms with E-state index in [0.717, 1.165) is 49.3 Å². The quantitative estimate of drug-likeness (QED) is 0.377. The summed E-state index contributed by atoms with van der Waals surface area (Å²) < 4.78 is 0. The number of nitrogens with two attached hydrogens (primary N) is 1. The number of rotatable bonds is 5. The highest BCUT2D eigenvalue weighted by Crippen LogP contribution is 2.16. The molecule has 142 valence electrons. The summed E-state index contributed by atoms with van der Waals surface area (Å²) in [5.74, 6) is 0.589. The average molecular weight is 480 g/mol. The molecule has 0 aromatic carbocycles. The third-order valence-corrected chi connectivity index (χ3v) is 5.56. The van der Waals surface area contributed by atoms with Gasteiger partial charge in [0.2, 0.25) is 5.91 Å². The zero-order chi connectivity index (χ0) is 17.7. The molecule has 0 unspecified atom stereocenters. The highest BCUT2D eigenvalue weighted by atomic mass is 127. The number of piperazine rings is 1. The smallest absolute Gasteiger partial charge is 0.237 e. The van der Waals surface area contributed by atoms with Crippen LogP contribution < -0.4 is 11.1 Å². The predicted octanol–water partition coefficient (Wildman–Crippen LogP) is 1.28. The highest BCUT2D eigenvalue weighted by Gasteiger charge is 2.35. The van der Waals surface area contributed by atoms with Crippen molar-refractivity contribution in [3.63, 3.8) is 0 Å². The van der Waals surface area contributed by atoms with Gasteiger partial charge < -0.3 is 16.0 Å². The Hall–Kier alpha value is -0.940. The molecule has 0 saturated carbocycles. The van der Waals surface area contributed by atoms with Crippen LogP contribution in [0.15, 0.2) is 10.4 Å². The van der Waals surface area contributed by atoms with E-state index in [9.17, 15) is 4.79 Å². The third kappa shape index (κ3) is 5.52. The van der Waals surface area contributed by atoms with Gasteiger partial charge in [-0.25, -0.2) is 4.98 Å². The highest BCUT2D eigenvalue weighted by molar-refractivity contribution is 14.0. The molecule has 0 aliphatic carbocycles. The Labute approximate surface area is 171 Å². The first kappa shape index (κ1) is 22.1. The summed E-state index contributed by atoms with van der Waals surface area (Å²) in [5.41, 5.74) is 5.95. The van der Waals surface area contributed by atoms with E-state index < -0.39 is 5.54 Å². The second-order valence-electron chi connectivity index (χ2n) is 6.38. The maximum atomic E-state index is 11.6. The average Bonchev–Trinajstić information content (AvgIpc) is 3.04. The standard InChI is InChI=1S/C16H28N6OS.HI/c1-5-13-20-12(11-24-13)10-19-15(18-4)21-6-8-22(9-7-21)16(2,3)14(17)23;/h11H,5-10H2,1-4H3,(H2,17,23)(H,18,19);1H. The molecule has 0 atom stereocenters. The van der Waals surface area contributed by atoms with Crippen LogP contribution in [0.2, 0.25) is 0 Å². The molecule has 2 heterocycles. The van der Waals surface area contributed by atoms with Crippen molar-refractivity contribution in [1.82, 2.24) is 20.1 Å². The van der Waals surface area contributed by atoms with Gasteiger partial charge in [0.15, 0.2) is 5.96 Å². The fraction of sp³-hybridized carbons (Fsp3) is 0.688. The van der Waals surface area contributed by atoms with Gasteiger partial charge in [0.25, 0.3) is 0 Å². The number of carbonyl (C=O) groups excluding carboxylic acids is 1. The molecule has 1 aromatic heterocycles. The van der Waals surface area contributed by atoms with Crippen molar-refractivity contribution in [2.75, 3.05) is 33.2 Å². The second kappa shape index (κ2) is 9.67. The number of primary amides is 1. The number of hydrogen-bond donors (Lipinski definition) is 2. The molecule has 1 aromatic rings. The molecule has 1 saturated heterocycles. The minimum Gasteiger partial charge on any atom is -0.368 e. The van der Waals surface area contributed by atoms with Crippen LogP contribution in [0.25, 0.3) is 0 Å². The van der Waals surface area contributed by atoms with E-state index in [1.54, 1.807) is 18.4 Å². The van der Waals surface area contributed by atoms with Crippen LogP contribution in [0.5, 0.6) is 0 Å². The van der Waals surface area contributed by atoms with E-state index in [0.29, 0.717) is 6.54 Å². The van der Waals surface area contributed by atoms with E-state index in [1.165, 1.54) is 0 Å². The number of nitrogens with one attached hydrogen (secondary N) is 1. The van der Waals surface area contributed by atoms with E-state index in [1.807, 2.05) is 13.8 Å². The molecule has 9 heteroatoms. The first-order valence-electron chi connectivity index (χ1n) is 8.32. The third-order valence-electron chi connectivity index (χ3n) is 4.51. The Kier molecular flexibility index (Phi) is 8.55. The number of hydrogen-bond acceptors (Lipinski definition) is 5. The monoisotopic (exact) mass is 480 g/mol. The summed E-state index contributed by atoms with van der Waals surface area (Å²) in [7, 11) is 1.79. The lowest BCUT2D eigenvalue weighted by Gasteiger charge is -2.43. The van der Waals surface area contributed by atoms with Crippen LogP contribution in [-0.2, 0) is 17.8 Å². The van der Waals surface area contributed by atoms with Gasteiger partial charge in [-0.2, -0.15) is 0 Å². The molecule has 7 nitrogen and oxygen atoms in total. The Bertz CT molecular complexity index is 595. The van der Waals surface area contributed by atoms with Gasteiger partial charge in [-0.05, 0) is 20.3 Å². The van der Waals surface area contributed by atoms with Gasteiger partial charge in [0.05, 0.1) is 22.8 Å². The van der Waals surface area contributed by atoms with Crippen molar-refractivity contribution >= 4 is 47.2 Å². The van der Waals surface area contributed by atoms with Gasteiger partial charge in [0.1, 0.15) is 0 Å². The maximum Gasteiger partial charge on any atom is 0.237 e. The number of carbonyl (C=O) groups is 1. The van der Waals surface area contributed by atoms with Crippen LogP contribution in [0.1, 0.15) is 31.5 Å². The zero-order valence-electron chi connectivity index (χ0n) is 15.4. The minimum absolute atomic E-state index is 0. The number of aliphatic imine (C=N–C) groups is 1. The van der Waals surface area contributed by atoms with Crippen molar-refractivity contribution in [1.29, 1.82) is 0 Å². The number of nitrogens with zero attached hydrogens (tertiary/aromatic N) is 4. The number of halogens is 1. The van der Waals surface area contributed by atoms with E-state index in [2.05, 4.69) is 37.4 Å². The number of thiazole rings is 1. The van der Waals surface area contributed by atoms with Gasteiger partial charge in [0, 0.05) is 38.6 Å². The molecule has 0 radical (unpaired) electrons. The number of aryl methyl sites for hydroxylation is 1. The summed E-state index contributed by atoms with van der Waals surface area (Å²) in [6.45, 7) is 9.75. The lowest BCUT2D eigenvalue weighted by Crippen LogP contribution is -2.61. The Morgan fingerprint density at radius 2 is 2.04 bits per heavy atom. The molecule has 1 fully saturated rings. The molecule has 25 heavy (non-hydrogen) atoms. The molecule has 1 amide bonds. The Morgan fingerprint density at radius 1 is 1.40 bits per heavy atom. The lowest BCUT2D eigenvalue weighted by molar-refractivity contribution is -0.129. The molecule has 1 aliphatic rings. The Morgan fingerprint density at radius 3 is 2.52 bits per heavy atom. The predicted molar refractivity (Wildman–Crippen MR) is 114 cm³/mol. The summed E-state index contributed by atoms with van der Waals surface area (Å²) in [6.07, 6.45) is 0.969. The molecular weight excluding hydrogens is 451 g/mol. The number of guanidine groups is 1. The van der Waals surface area contributed by atoms with Crippen LogP contribution in [0.4, 0.5) is 0 Å². The van der Waals surface area contributed by atoms with Gasteiger partial charge in [-0.1, -0.05) is 6.92 Å². The summed E-state index contributed by atoms with van der Waals surface area (Å²) >= 11 is 1.70. The molecule has 3 N–H and O–H groups in total. The van der Waals surface area contributed by atoms with Crippen molar-refractivity contribution < 1.29 is 4.79 Å². The van der Waals surface area contributed by atoms with Crippen molar-refractivity contribution in [3.05, 3.63) is 16.1 Å². The SMILES string of the molecule is CCc1nc(CNC(=NC)N2CCN(C(C)(C)C(N)=O)CC2)cs1.I. The van der Waals surface area contributed by atoms with Crippen LogP contribution in [0, 0.1) is 0 Å². The van der Waals surface area contributed by atoms with Crippen LogP contribution >= 0.6 is 35.3 Å². The lowest BCUT2D eigenvalue weighted by atomic mass is 10.0. The molecular formula is C16H29IN6OS. The van der Waals surface area contributed by atoms with Crippen molar-refractivity contribution in [3.8, 4) is 0 Å². The summed E-state index contributed by atoms with van der Waals surface area (Å²) in [5, 5.41) is 6.63. The number of amides is 1. The first-order valence-corrected chi connectivity index (χ1v) is 9.20. The van der Waals surface area contributed by atoms with E-state index >= 15 is 0 Å². The van der Waals surface area contributed by atoms with E-state index in [-0.39, 0.29) is 29.9 Å². The summed E-state index contributed by atoms with van der Waals surface area (Å²) in [4.78, 5) is 24.9. The molecule has 0 spiro atoms. The fourth-order valence-electron chi connectivity index (χ4n) is 2.73. The van der Waals surface area contributed by atoms with Crippen molar-refractivity contribution in [2.45, 2.75) is 39.3 Å². The van der Waals surface area contributed by atoms with Gasteiger partial charge in [-0.15, -0.1) is 35.3 Å². The minimum atomic E-state index is -0.611. The van der Waals surface area contributed by atoms with Crippen LogP contribution in [-0.4, -0.2) is 65.4 Å². The van der Waals surface area contributed by atoms with E-state index in [4.69, 9.17) is 5.73 Å². The Balaban J connectivity index is 0.00000312. The first-order chi connectivity index (χ1) is 11.4. The van der Waals surface area contributed by atoms with Crippen molar-refractivity contribution in [2.24, 2.45) is 10.7 Å². The zero-order valence-corrected chi connectivity index (χ0v) is 18.6. The fourth-order valence-corrected chi connectivity index (χ4v) is 3.47. The van der Waals surface area contributed by atoms with Crippen LogP contribution in [0.3, 0.4) is 0 Å². The topological polar surface area (TPSA) is 86.8 Å². The van der Waals surface area contributed by atoms with Gasteiger partial charge in [-0.3, -0.25) is 14.7 Å². The van der Waals surface area contributed by atoms with Gasteiger partial charge >= 0.3 is 0 Å².